The normalized spacial score (nSPS) is 11.6. The highest BCUT2D eigenvalue weighted by atomic mass is 35.5. The molecule has 3 N–H and O–H groups in total. The van der Waals surface area contributed by atoms with Crippen LogP contribution in [-0.2, 0) is 11.3 Å². The number of amides is 1. The van der Waals surface area contributed by atoms with Gasteiger partial charge in [-0.25, -0.2) is 0 Å². The lowest BCUT2D eigenvalue weighted by molar-refractivity contribution is 0.0931. The van der Waals surface area contributed by atoms with Crippen LogP contribution in [0.15, 0.2) is 24.3 Å². The van der Waals surface area contributed by atoms with Crippen molar-refractivity contribution in [1.82, 2.24) is 5.32 Å². The molecular weight excluding hydrogens is 276 g/mol. The molecule has 0 saturated heterocycles. The number of nitrogens with one attached hydrogen (secondary N) is 1. The first kappa shape index (κ1) is 18.9. The van der Waals surface area contributed by atoms with Gasteiger partial charge in [-0.3, -0.25) is 4.79 Å². The van der Waals surface area contributed by atoms with Crippen LogP contribution >= 0.6 is 12.4 Å². The first-order chi connectivity index (χ1) is 9.22. The monoisotopic (exact) mass is 300 g/mol. The smallest absolute Gasteiger partial charge is 0.251 e. The highest BCUT2D eigenvalue weighted by Crippen LogP contribution is 2.10. The summed E-state index contributed by atoms with van der Waals surface area (Å²) in [7, 11) is 1.62. The fraction of sp³-hybridized carbons (Fsp3) is 0.533. The van der Waals surface area contributed by atoms with Crippen molar-refractivity contribution in [3.63, 3.8) is 0 Å². The molecule has 1 aromatic carbocycles. The van der Waals surface area contributed by atoms with Crippen molar-refractivity contribution >= 4 is 18.3 Å². The van der Waals surface area contributed by atoms with E-state index in [1.807, 2.05) is 24.3 Å². The highest BCUT2D eigenvalue weighted by molar-refractivity contribution is 5.95. The van der Waals surface area contributed by atoms with Gasteiger partial charge in [-0.15, -0.1) is 12.4 Å². The molecule has 1 atom stereocenters. The molecule has 5 heteroatoms. The minimum atomic E-state index is -0.0702. The Hall–Kier alpha value is -1.10. The van der Waals surface area contributed by atoms with E-state index in [-0.39, 0.29) is 24.4 Å². The van der Waals surface area contributed by atoms with Gasteiger partial charge in [0, 0.05) is 25.3 Å². The van der Waals surface area contributed by atoms with E-state index < -0.39 is 0 Å². The van der Waals surface area contributed by atoms with Crippen LogP contribution in [0.3, 0.4) is 0 Å². The third-order valence-electron chi connectivity index (χ3n) is 3.09. The Morgan fingerprint density at radius 1 is 1.40 bits per heavy atom. The summed E-state index contributed by atoms with van der Waals surface area (Å²) in [6, 6.07) is 7.53. The number of nitrogens with two attached hydrogens (primary N) is 1. The maximum absolute atomic E-state index is 12.3. The van der Waals surface area contributed by atoms with Crippen LogP contribution in [0, 0.1) is 0 Å². The molecule has 0 fully saturated rings. The van der Waals surface area contributed by atoms with Crippen molar-refractivity contribution in [2.75, 3.05) is 13.7 Å². The molecule has 0 spiro atoms. The number of hydrogen-bond donors (Lipinski definition) is 2. The molecule has 0 aliphatic rings. The molecule has 0 aliphatic carbocycles. The average Bonchev–Trinajstić information content (AvgIpc) is 2.44. The standard InChI is InChI=1S/C15H24N2O2.ClH/c1-3-4-8-13(10-16)17-15(18)14-9-6-5-7-12(14)11-19-2;/h5-7,9,13H,3-4,8,10-11,16H2,1-2H3,(H,17,18);1H. The van der Waals surface area contributed by atoms with Gasteiger partial charge in [-0.2, -0.15) is 0 Å². The lowest BCUT2D eigenvalue weighted by Gasteiger charge is -2.17. The summed E-state index contributed by atoms with van der Waals surface area (Å²) in [5.41, 5.74) is 7.26. The zero-order valence-electron chi connectivity index (χ0n) is 12.2. The Bertz CT molecular complexity index is 399. The lowest BCUT2D eigenvalue weighted by Crippen LogP contribution is -2.40. The zero-order chi connectivity index (χ0) is 14.1. The number of rotatable bonds is 8. The number of halogens is 1. The second-order valence-electron chi connectivity index (χ2n) is 4.64. The van der Waals surface area contributed by atoms with E-state index in [1.165, 1.54) is 0 Å². The van der Waals surface area contributed by atoms with Crippen LogP contribution in [0.25, 0.3) is 0 Å². The number of unbranched alkanes of at least 4 members (excludes halogenated alkanes) is 1. The van der Waals surface area contributed by atoms with Gasteiger partial charge in [0.25, 0.3) is 5.91 Å². The van der Waals surface area contributed by atoms with Crippen LogP contribution in [-0.4, -0.2) is 25.6 Å². The summed E-state index contributed by atoms with van der Waals surface area (Å²) in [6.07, 6.45) is 3.10. The molecule has 20 heavy (non-hydrogen) atoms. The van der Waals surface area contributed by atoms with Gasteiger partial charge in [0.1, 0.15) is 0 Å². The van der Waals surface area contributed by atoms with Crippen molar-refractivity contribution in [2.24, 2.45) is 5.73 Å². The van der Waals surface area contributed by atoms with Gasteiger partial charge in [0.2, 0.25) is 0 Å². The molecule has 1 rings (SSSR count). The second kappa shape index (κ2) is 10.7. The number of carbonyl (C=O) groups excluding carboxylic acids is 1. The SMILES string of the molecule is CCCCC(CN)NC(=O)c1ccccc1COC.Cl. The lowest BCUT2D eigenvalue weighted by atomic mass is 10.1. The fourth-order valence-electron chi connectivity index (χ4n) is 1.99. The Balaban J connectivity index is 0.00000361. The number of benzene rings is 1. The van der Waals surface area contributed by atoms with E-state index in [0.29, 0.717) is 18.7 Å². The summed E-state index contributed by atoms with van der Waals surface area (Å²) in [6.45, 7) is 3.04. The van der Waals surface area contributed by atoms with Crippen molar-refractivity contribution in [3.05, 3.63) is 35.4 Å². The molecule has 4 nitrogen and oxygen atoms in total. The van der Waals surface area contributed by atoms with E-state index >= 15 is 0 Å². The molecule has 1 unspecified atom stereocenters. The Morgan fingerprint density at radius 3 is 2.70 bits per heavy atom. The number of carbonyl (C=O) groups is 1. The van der Waals surface area contributed by atoms with Crippen LogP contribution in [0.1, 0.15) is 42.1 Å². The molecule has 0 heterocycles. The van der Waals surface area contributed by atoms with Crippen molar-refractivity contribution < 1.29 is 9.53 Å². The van der Waals surface area contributed by atoms with Crippen molar-refractivity contribution in [2.45, 2.75) is 38.8 Å². The average molecular weight is 301 g/mol. The molecule has 114 valence electrons. The van der Waals surface area contributed by atoms with E-state index in [4.69, 9.17) is 10.5 Å². The minimum absolute atomic E-state index is 0. The quantitative estimate of drug-likeness (QED) is 0.775. The maximum Gasteiger partial charge on any atom is 0.251 e. The summed E-state index contributed by atoms with van der Waals surface area (Å²) in [4.78, 5) is 12.3. The zero-order valence-corrected chi connectivity index (χ0v) is 13.0. The predicted octanol–water partition coefficient (Wildman–Crippen LogP) is 2.50. The first-order valence-corrected chi connectivity index (χ1v) is 6.80. The third-order valence-corrected chi connectivity index (χ3v) is 3.09. The van der Waals surface area contributed by atoms with E-state index in [0.717, 1.165) is 24.8 Å². The minimum Gasteiger partial charge on any atom is -0.380 e. The summed E-state index contributed by atoms with van der Waals surface area (Å²) < 4.78 is 5.11. The van der Waals surface area contributed by atoms with E-state index in [2.05, 4.69) is 12.2 Å². The van der Waals surface area contributed by atoms with Gasteiger partial charge in [-0.05, 0) is 18.1 Å². The van der Waals surface area contributed by atoms with E-state index in [1.54, 1.807) is 7.11 Å². The Kier molecular flexibility index (Phi) is 10.1. The largest absolute Gasteiger partial charge is 0.380 e. The van der Waals surface area contributed by atoms with Gasteiger partial charge in [0.15, 0.2) is 0 Å². The van der Waals surface area contributed by atoms with Crippen molar-refractivity contribution in [1.29, 1.82) is 0 Å². The molecule has 0 radical (unpaired) electrons. The first-order valence-electron chi connectivity index (χ1n) is 6.80. The Morgan fingerprint density at radius 2 is 2.10 bits per heavy atom. The van der Waals surface area contributed by atoms with Crippen LogP contribution in [0.4, 0.5) is 0 Å². The molecule has 0 aliphatic heterocycles. The summed E-state index contributed by atoms with van der Waals surface area (Å²) in [5, 5.41) is 3.00. The molecule has 0 saturated carbocycles. The Labute approximate surface area is 127 Å². The predicted molar refractivity (Wildman–Crippen MR) is 84.2 cm³/mol. The molecule has 0 aromatic heterocycles. The van der Waals surface area contributed by atoms with E-state index in [9.17, 15) is 4.79 Å². The molecular formula is C15H25ClN2O2. The molecule has 1 amide bonds. The fourth-order valence-corrected chi connectivity index (χ4v) is 1.99. The maximum atomic E-state index is 12.3. The van der Waals surface area contributed by atoms with Crippen LogP contribution < -0.4 is 11.1 Å². The van der Waals surface area contributed by atoms with Crippen LogP contribution in [0.5, 0.6) is 0 Å². The topological polar surface area (TPSA) is 64.3 Å². The van der Waals surface area contributed by atoms with Gasteiger partial charge >= 0.3 is 0 Å². The second-order valence-corrected chi connectivity index (χ2v) is 4.64. The number of ether oxygens (including phenoxy) is 1. The van der Waals surface area contributed by atoms with Gasteiger partial charge in [0.05, 0.1) is 6.61 Å². The van der Waals surface area contributed by atoms with Gasteiger partial charge < -0.3 is 15.8 Å². The number of hydrogen-bond acceptors (Lipinski definition) is 3. The third kappa shape index (κ3) is 5.90. The highest BCUT2D eigenvalue weighted by Gasteiger charge is 2.14. The van der Waals surface area contributed by atoms with Crippen molar-refractivity contribution in [3.8, 4) is 0 Å². The molecule has 0 bridgehead atoms. The molecule has 1 aromatic rings. The summed E-state index contributed by atoms with van der Waals surface area (Å²) in [5.74, 6) is -0.0702. The van der Waals surface area contributed by atoms with Crippen LogP contribution in [0.2, 0.25) is 0 Å². The van der Waals surface area contributed by atoms with Gasteiger partial charge in [-0.1, -0.05) is 38.0 Å². The summed E-state index contributed by atoms with van der Waals surface area (Å²) >= 11 is 0. The number of methoxy groups -OCH3 is 1.